The van der Waals surface area contributed by atoms with Gasteiger partial charge < -0.3 is 4.52 Å². The maximum atomic E-state index is 13.2. The van der Waals surface area contributed by atoms with Crippen molar-refractivity contribution in [1.29, 1.82) is 0 Å². The van der Waals surface area contributed by atoms with E-state index >= 15 is 0 Å². The third-order valence-corrected chi connectivity index (χ3v) is 2.26. The zero-order valence-corrected chi connectivity index (χ0v) is 9.73. The van der Waals surface area contributed by atoms with Gasteiger partial charge >= 0.3 is 0 Å². The largest absolute Gasteiger partial charge is 0.333 e. The smallest absolute Gasteiger partial charge is 0.264 e. The van der Waals surface area contributed by atoms with Crippen LogP contribution in [0.15, 0.2) is 4.52 Å². The quantitative estimate of drug-likeness (QED) is 0.339. The summed E-state index contributed by atoms with van der Waals surface area (Å²) in [5, 5.41) is 3.19. The molecule has 0 saturated carbocycles. The summed E-state index contributed by atoms with van der Waals surface area (Å²) in [5.74, 6) is -11.2. The van der Waals surface area contributed by atoms with Gasteiger partial charge in [-0.15, -0.1) is 0 Å². The van der Waals surface area contributed by atoms with Gasteiger partial charge in [0.05, 0.1) is 0 Å². The number of halogens is 6. The molecule has 3 nitrogen and oxygen atoms in total. The van der Waals surface area contributed by atoms with Gasteiger partial charge in [0, 0.05) is 22.6 Å². The minimum Gasteiger partial charge on any atom is -0.333 e. The van der Waals surface area contributed by atoms with Gasteiger partial charge in [-0.3, -0.25) is 0 Å². The van der Waals surface area contributed by atoms with Gasteiger partial charge in [-0.1, -0.05) is 5.16 Å². The second kappa shape index (κ2) is 4.20. The monoisotopic (exact) mass is 362 g/mol. The van der Waals surface area contributed by atoms with Crippen molar-refractivity contribution in [3.8, 4) is 11.5 Å². The van der Waals surface area contributed by atoms with Gasteiger partial charge in [-0.25, -0.2) is 22.0 Å². The molecule has 1 aromatic carbocycles. The molecular formula is C8F5IN2O. The first kappa shape index (κ1) is 12.2. The molecule has 2 rings (SSSR count). The van der Waals surface area contributed by atoms with Gasteiger partial charge in [-0.05, 0) is 0 Å². The van der Waals surface area contributed by atoms with Crippen LogP contribution in [0.1, 0.15) is 0 Å². The van der Waals surface area contributed by atoms with Gasteiger partial charge in [-0.2, -0.15) is 4.98 Å². The predicted octanol–water partition coefficient (Wildman–Crippen LogP) is 3.04. The molecule has 17 heavy (non-hydrogen) atoms. The van der Waals surface area contributed by atoms with Crippen molar-refractivity contribution in [1.82, 2.24) is 10.1 Å². The molecule has 90 valence electrons. The van der Waals surface area contributed by atoms with Crippen LogP contribution in [0.2, 0.25) is 0 Å². The van der Waals surface area contributed by atoms with Crippen molar-refractivity contribution in [2.75, 3.05) is 0 Å². The first-order valence-electron chi connectivity index (χ1n) is 3.94. The molecule has 0 aliphatic carbocycles. The van der Waals surface area contributed by atoms with Crippen LogP contribution in [-0.2, 0) is 0 Å². The Morgan fingerprint density at radius 3 is 1.71 bits per heavy atom. The topological polar surface area (TPSA) is 38.9 Å². The van der Waals surface area contributed by atoms with Crippen molar-refractivity contribution in [2.24, 2.45) is 0 Å². The van der Waals surface area contributed by atoms with Crippen LogP contribution >= 0.6 is 22.6 Å². The summed E-state index contributed by atoms with van der Waals surface area (Å²) in [6, 6.07) is 0. The van der Waals surface area contributed by atoms with Gasteiger partial charge in [0.25, 0.3) is 5.89 Å². The van der Waals surface area contributed by atoms with E-state index in [9.17, 15) is 22.0 Å². The highest BCUT2D eigenvalue weighted by atomic mass is 127. The van der Waals surface area contributed by atoms with Crippen LogP contribution in [-0.4, -0.2) is 10.1 Å². The molecule has 0 N–H and O–H groups in total. The summed E-state index contributed by atoms with van der Waals surface area (Å²) in [6.07, 6.45) is 0. The first-order chi connectivity index (χ1) is 7.93. The number of aromatic nitrogens is 2. The van der Waals surface area contributed by atoms with Crippen molar-refractivity contribution >= 4 is 22.6 Å². The summed E-state index contributed by atoms with van der Waals surface area (Å²) in [4.78, 5) is 3.39. The Morgan fingerprint density at radius 2 is 1.29 bits per heavy atom. The fourth-order valence-electron chi connectivity index (χ4n) is 1.10. The number of benzene rings is 1. The van der Waals surface area contributed by atoms with E-state index < -0.39 is 40.5 Å². The summed E-state index contributed by atoms with van der Waals surface area (Å²) in [5.41, 5.74) is -1.24. The van der Waals surface area contributed by atoms with Crippen molar-refractivity contribution in [3.63, 3.8) is 0 Å². The molecule has 1 aromatic heterocycles. The van der Waals surface area contributed by atoms with E-state index in [1.807, 2.05) is 0 Å². The van der Waals surface area contributed by atoms with Gasteiger partial charge in [0.15, 0.2) is 23.3 Å². The summed E-state index contributed by atoms with van der Waals surface area (Å²) in [6.45, 7) is 0. The van der Waals surface area contributed by atoms with E-state index in [4.69, 9.17) is 0 Å². The van der Waals surface area contributed by atoms with E-state index in [0.717, 1.165) is 0 Å². The van der Waals surface area contributed by atoms with E-state index in [-0.39, 0.29) is 3.83 Å². The maximum absolute atomic E-state index is 13.2. The van der Waals surface area contributed by atoms with Gasteiger partial charge in [0.1, 0.15) is 5.56 Å². The van der Waals surface area contributed by atoms with E-state index in [0.29, 0.717) is 0 Å². The average Bonchev–Trinajstić information content (AvgIpc) is 2.71. The van der Waals surface area contributed by atoms with E-state index in [1.165, 1.54) is 0 Å². The zero-order chi connectivity index (χ0) is 12.7. The highest BCUT2D eigenvalue weighted by Crippen LogP contribution is 2.30. The normalized spacial score (nSPS) is 10.9. The molecular weight excluding hydrogens is 362 g/mol. The number of hydrogen-bond donors (Lipinski definition) is 0. The second-order valence-corrected chi connectivity index (χ2v) is 3.78. The van der Waals surface area contributed by atoms with Crippen LogP contribution in [0, 0.1) is 32.9 Å². The molecule has 0 unspecified atom stereocenters. The van der Waals surface area contributed by atoms with Crippen LogP contribution in [0.25, 0.3) is 11.5 Å². The highest BCUT2D eigenvalue weighted by Gasteiger charge is 2.29. The molecule has 0 atom stereocenters. The van der Waals surface area contributed by atoms with E-state index in [1.54, 1.807) is 22.6 Å². The van der Waals surface area contributed by atoms with Crippen LogP contribution in [0.5, 0.6) is 0 Å². The lowest BCUT2D eigenvalue weighted by Crippen LogP contribution is -2.04. The Hall–Kier alpha value is -1.26. The molecule has 0 fully saturated rings. The zero-order valence-electron chi connectivity index (χ0n) is 7.57. The van der Waals surface area contributed by atoms with Crippen molar-refractivity contribution in [2.45, 2.75) is 0 Å². The molecule has 0 aliphatic heterocycles. The minimum absolute atomic E-state index is 0.0264. The number of hydrogen-bond acceptors (Lipinski definition) is 3. The Balaban J connectivity index is 2.78. The van der Waals surface area contributed by atoms with E-state index in [2.05, 4.69) is 14.7 Å². The lowest BCUT2D eigenvalue weighted by atomic mass is 10.1. The Morgan fingerprint density at radius 1 is 0.824 bits per heavy atom. The molecule has 0 aliphatic rings. The molecule has 0 amide bonds. The molecule has 0 saturated heterocycles. The average molecular weight is 362 g/mol. The molecule has 0 radical (unpaired) electrons. The standard InChI is InChI=1S/C8F5IN2O/c9-2-1(7-15-8(14)16-17-7)3(10)5(12)6(13)4(2)11. The van der Waals surface area contributed by atoms with Crippen molar-refractivity contribution in [3.05, 3.63) is 32.9 Å². The van der Waals surface area contributed by atoms with Crippen LogP contribution in [0.4, 0.5) is 22.0 Å². The molecule has 0 spiro atoms. The highest BCUT2D eigenvalue weighted by molar-refractivity contribution is 14.1. The molecule has 9 heteroatoms. The summed E-state index contributed by atoms with van der Waals surface area (Å²) < 4.78 is 69.2. The second-order valence-electron chi connectivity index (χ2n) is 2.81. The fraction of sp³-hybridized carbons (Fsp3) is 0. The third-order valence-electron chi connectivity index (χ3n) is 1.82. The fourth-order valence-corrected chi connectivity index (χ4v) is 1.42. The molecule has 2 aromatic rings. The first-order valence-corrected chi connectivity index (χ1v) is 5.02. The Kier molecular flexibility index (Phi) is 3.02. The minimum atomic E-state index is -2.24. The Labute approximate surface area is 104 Å². The molecule has 0 bridgehead atoms. The maximum Gasteiger partial charge on any atom is 0.264 e. The summed E-state index contributed by atoms with van der Waals surface area (Å²) in [7, 11) is 0. The number of rotatable bonds is 1. The predicted molar refractivity (Wildman–Crippen MR) is 52.2 cm³/mol. The van der Waals surface area contributed by atoms with Crippen LogP contribution < -0.4 is 0 Å². The molecule has 1 heterocycles. The van der Waals surface area contributed by atoms with Gasteiger partial charge in [0.2, 0.25) is 9.65 Å². The lowest BCUT2D eigenvalue weighted by Gasteiger charge is -2.03. The third kappa shape index (κ3) is 1.87. The SMILES string of the molecule is Fc1c(F)c(F)c(-c2nc(I)no2)c(F)c1F. The summed E-state index contributed by atoms with van der Waals surface area (Å²) >= 11 is 1.55. The number of nitrogens with zero attached hydrogens (tertiary/aromatic N) is 2. The lowest BCUT2D eigenvalue weighted by molar-refractivity contribution is 0.372. The van der Waals surface area contributed by atoms with Crippen LogP contribution in [0.3, 0.4) is 0 Å². The Bertz CT molecular complexity index is 571. The van der Waals surface area contributed by atoms with Crippen molar-refractivity contribution < 1.29 is 26.5 Å².